The number of pyridine rings is 1. The van der Waals surface area contributed by atoms with Gasteiger partial charge in [0.05, 0.1) is 24.1 Å². The largest absolute Gasteiger partial charge is 0.464 e. The van der Waals surface area contributed by atoms with Gasteiger partial charge in [-0.15, -0.1) is 0 Å². The molecule has 0 amide bonds. The average Bonchev–Trinajstić information content (AvgIpc) is 2.96. The fourth-order valence-electron chi connectivity index (χ4n) is 2.61. The van der Waals surface area contributed by atoms with E-state index in [1.54, 1.807) is 6.92 Å². The first-order chi connectivity index (χ1) is 10.8. The van der Waals surface area contributed by atoms with Crippen LogP contribution in [0.4, 0.5) is 0 Å². The fourth-order valence-corrected chi connectivity index (χ4v) is 2.61. The topological polar surface area (TPSA) is 106 Å². The molecule has 0 unspecified atom stereocenters. The highest BCUT2D eigenvalue weighted by Crippen LogP contribution is 2.35. The number of Topliss-reactive ketones (excluding diaryl/α,β-unsaturated/α-hetero) is 3. The van der Waals surface area contributed by atoms with E-state index in [1.807, 2.05) is 0 Å². The molecule has 2 aromatic rings. The first kappa shape index (κ1) is 14.8. The maximum atomic E-state index is 12.3. The number of ketones is 3. The van der Waals surface area contributed by atoms with Gasteiger partial charge in [-0.05, 0) is 24.6 Å². The van der Waals surface area contributed by atoms with Crippen LogP contribution < -0.4 is 0 Å². The number of nitrogens with one attached hydrogen (secondary N) is 1. The number of ether oxygens (including phenoxy) is 1. The van der Waals surface area contributed by atoms with Crippen LogP contribution in [0.2, 0.25) is 0 Å². The van der Waals surface area contributed by atoms with Crippen LogP contribution in [0.25, 0.3) is 11.3 Å². The van der Waals surface area contributed by atoms with Crippen molar-refractivity contribution in [2.75, 3.05) is 7.11 Å². The van der Waals surface area contributed by atoms with Gasteiger partial charge in [-0.2, -0.15) is 0 Å². The van der Waals surface area contributed by atoms with Crippen molar-refractivity contribution in [3.05, 3.63) is 40.3 Å². The molecule has 116 valence electrons. The number of methoxy groups -OCH3 is 1. The molecule has 2 heterocycles. The SMILES string of the molecule is COC(=O)c1cc(C)c2c(n1)C(=O)C(=O)c1cc(C(C)=O)[nH]c1-2. The number of aryl methyl sites for hydroxylation is 1. The van der Waals surface area contributed by atoms with E-state index in [9.17, 15) is 19.2 Å². The van der Waals surface area contributed by atoms with Crippen molar-refractivity contribution >= 4 is 23.3 Å². The van der Waals surface area contributed by atoms with E-state index in [0.717, 1.165) is 0 Å². The van der Waals surface area contributed by atoms with E-state index in [-0.39, 0.29) is 28.4 Å². The Morgan fingerprint density at radius 2 is 1.87 bits per heavy atom. The summed E-state index contributed by atoms with van der Waals surface area (Å²) in [6, 6.07) is 2.85. The molecule has 1 aliphatic rings. The van der Waals surface area contributed by atoms with Crippen LogP contribution in [0.15, 0.2) is 12.1 Å². The van der Waals surface area contributed by atoms with E-state index >= 15 is 0 Å². The Hall–Kier alpha value is -3.09. The Labute approximate surface area is 130 Å². The number of rotatable bonds is 2. The second-order valence-electron chi connectivity index (χ2n) is 5.23. The van der Waals surface area contributed by atoms with Gasteiger partial charge >= 0.3 is 5.97 Å². The Morgan fingerprint density at radius 1 is 1.17 bits per heavy atom. The summed E-state index contributed by atoms with van der Waals surface area (Å²) < 4.78 is 4.60. The van der Waals surface area contributed by atoms with Crippen molar-refractivity contribution in [2.45, 2.75) is 13.8 Å². The molecule has 7 nitrogen and oxygen atoms in total. The molecular formula is C16H12N2O5. The zero-order valence-corrected chi connectivity index (χ0v) is 12.6. The molecule has 2 aromatic heterocycles. The lowest BCUT2D eigenvalue weighted by Crippen LogP contribution is -2.24. The maximum absolute atomic E-state index is 12.3. The third-order valence-corrected chi connectivity index (χ3v) is 3.72. The lowest BCUT2D eigenvalue weighted by molar-refractivity contribution is 0.0593. The number of hydrogen-bond donors (Lipinski definition) is 1. The van der Waals surface area contributed by atoms with Crippen LogP contribution in [-0.4, -0.2) is 40.4 Å². The molecule has 0 saturated carbocycles. The highest BCUT2D eigenvalue weighted by atomic mass is 16.5. The summed E-state index contributed by atoms with van der Waals surface area (Å²) in [6.07, 6.45) is 0. The van der Waals surface area contributed by atoms with E-state index in [0.29, 0.717) is 16.8 Å². The van der Waals surface area contributed by atoms with Gasteiger partial charge in [0.15, 0.2) is 5.78 Å². The number of carbonyl (C=O) groups excluding carboxylic acids is 4. The highest BCUT2D eigenvalue weighted by molar-refractivity contribution is 6.52. The summed E-state index contributed by atoms with van der Waals surface area (Å²) in [6.45, 7) is 3.05. The molecular weight excluding hydrogens is 300 g/mol. The Bertz CT molecular complexity index is 907. The highest BCUT2D eigenvalue weighted by Gasteiger charge is 2.35. The van der Waals surface area contributed by atoms with E-state index in [4.69, 9.17) is 0 Å². The van der Waals surface area contributed by atoms with Crippen molar-refractivity contribution in [2.24, 2.45) is 0 Å². The minimum atomic E-state index is -0.810. The summed E-state index contributed by atoms with van der Waals surface area (Å²) in [7, 11) is 1.20. The van der Waals surface area contributed by atoms with Gasteiger partial charge in [-0.1, -0.05) is 0 Å². The molecule has 23 heavy (non-hydrogen) atoms. The predicted molar refractivity (Wildman–Crippen MR) is 78.8 cm³/mol. The molecule has 1 N–H and O–H groups in total. The maximum Gasteiger partial charge on any atom is 0.356 e. The number of aromatic nitrogens is 2. The first-order valence-electron chi connectivity index (χ1n) is 6.78. The van der Waals surface area contributed by atoms with Crippen LogP contribution in [-0.2, 0) is 4.74 Å². The monoisotopic (exact) mass is 312 g/mol. The van der Waals surface area contributed by atoms with Crippen molar-refractivity contribution in [3.63, 3.8) is 0 Å². The molecule has 0 saturated heterocycles. The van der Waals surface area contributed by atoms with Gasteiger partial charge < -0.3 is 9.72 Å². The molecule has 0 fully saturated rings. The number of hydrogen-bond acceptors (Lipinski definition) is 6. The Morgan fingerprint density at radius 3 is 2.48 bits per heavy atom. The number of carbonyl (C=O) groups is 4. The molecule has 7 heteroatoms. The molecule has 0 aromatic carbocycles. The van der Waals surface area contributed by atoms with Crippen LogP contribution in [0.1, 0.15) is 54.3 Å². The van der Waals surface area contributed by atoms with Gasteiger partial charge in [0.1, 0.15) is 11.4 Å². The number of aromatic amines is 1. The zero-order valence-electron chi connectivity index (χ0n) is 12.6. The molecule has 0 aliphatic heterocycles. The van der Waals surface area contributed by atoms with Gasteiger partial charge in [-0.3, -0.25) is 14.4 Å². The van der Waals surface area contributed by atoms with Crippen molar-refractivity contribution in [1.29, 1.82) is 0 Å². The lowest BCUT2D eigenvalue weighted by atomic mass is 9.89. The van der Waals surface area contributed by atoms with Gasteiger partial charge in [-0.25, -0.2) is 9.78 Å². The summed E-state index contributed by atoms with van der Waals surface area (Å²) in [5.41, 5.74) is 1.59. The van der Waals surface area contributed by atoms with E-state index in [2.05, 4.69) is 14.7 Å². The summed E-state index contributed by atoms with van der Waals surface area (Å²) >= 11 is 0. The Kier molecular flexibility index (Phi) is 3.21. The van der Waals surface area contributed by atoms with Gasteiger partial charge in [0.2, 0.25) is 5.78 Å². The van der Waals surface area contributed by atoms with E-state index in [1.165, 1.54) is 26.2 Å². The van der Waals surface area contributed by atoms with Crippen molar-refractivity contribution in [1.82, 2.24) is 9.97 Å². The van der Waals surface area contributed by atoms with Crippen LogP contribution in [0, 0.1) is 6.92 Å². The molecule has 0 bridgehead atoms. The van der Waals surface area contributed by atoms with E-state index < -0.39 is 17.5 Å². The van der Waals surface area contributed by atoms with Gasteiger partial charge in [0.25, 0.3) is 5.78 Å². The number of fused-ring (bicyclic) bond motifs is 3. The normalized spacial score (nSPS) is 12.7. The third kappa shape index (κ3) is 2.09. The summed E-state index contributed by atoms with van der Waals surface area (Å²) in [4.78, 5) is 54.6. The standard InChI is InChI=1S/C16H12N2O5/c1-6-4-10(16(22)23-3)18-13-11(6)12-8(14(20)15(13)21)5-9(17-12)7(2)19/h4-5,17H,1-3H3. The molecule has 1 aliphatic carbocycles. The van der Waals surface area contributed by atoms with Crippen molar-refractivity contribution < 1.29 is 23.9 Å². The summed E-state index contributed by atoms with van der Waals surface area (Å²) in [5.74, 6) is -2.52. The molecule has 3 rings (SSSR count). The van der Waals surface area contributed by atoms with Crippen molar-refractivity contribution in [3.8, 4) is 11.3 Å². The summed E-state index contributed by atoms with van der Waals surface area (Å²) in [5, 5.41) is 0. The fraction of sp³-hybridized carbons (Fsp3) is 0.188. The van der Waals surface area contributed by atoms with Crippen LogP contribution in [0.3, 0.4) is 0 Å². The average molecular weight is 312 g/mol. The second kappa shape index (κ2) is 4.98. The minimum absolute atomic E-state index is 0.0494. The zero-order chi connectivity index (χ0) is 16.9. The minimum Gasteiger partial charge on any atom is -0.464 e. The smallest absolute Gasteiger partial charge is 0.356 e. The van der Waals surface area contributed by atoms with Crippen LogP contribution >= 0.6 is 0 Å². The predicted octanol–water partition coefficient (Wildman–Crippen LogP) is 1.75. The lowest BCUT2D eigenvalue weighted by Gasteiger charge is -2.16. The second-order valence-corrected chi connectivity index (χ2v) is 5.23. The molecule has 0 atom stereocenters. The van der Waals surface area contributed by atoms with Gasteiger partial charge in [0, 0.05) is 12.5 Å². The molecule has 0 radical (unpaired) electrons. The molecule has 0 spiro atoms. The Balaban J connectivity index is 2.32. The quantitative estimate of drug-likeness (QED) is 0.514. The number of nitrogens with zero attached hydrogens (tertiary/aromatic N) is 1. The third-order valence-electron chi connectivity index (χ3n) is 3.72. The van der Waals surface area contributed by atoms with Crippen LogP contribution in [0.5, 0.6) is 0 Å². The number of esters is 1. The number of H-pyrrole nitrogens is 1. The first-order valence-corrected chi connectivity index (χ1v) is 6.78.